The van der Waals surface area contributed by atoms with Gasteiger partial charge in [0, 0.05) is 0 Å². The first-order valence-electron chi connectivity index (χ1n) is 0.714. The molecule has 0 aromatic heterocycles. The molecule has 0 heterocycles. The van der Waals surface area contributed by atoms with Crippen LogP contribution in [0.25, 0.3) is 0 Å². The van der Waals surface area contributed by atoms with Crippen molar-refractivity contribution in [1.29, 1.82) is 0 Å². The van der Waals surface area contributed by atoms with Crippen molar-refractivity contribution in [2.24, 2.45) is 0 Å². The molecule has 0 aliphatic heterocycles. The molecule has 0 spiro atoms. The van der Waals surface area contributed by atoms with Gasteiger partial charge in [0.05, 0.1) is 0 Å². The molecule has 0 aliphatic rings. The number of halogens is 5. The van der Waals surface area contributed by atoms with Crippen LogP contribution >= 0.6 is 0 Å². The summed E-state index contributed by atoms with van der Waals surface area (Å²) in [5.74, 6) is 0. The van der Waals surface area contributed by atoms with Crippen LogP contribution in [-0.4, -0.2) is 0 Å². The quantitative estimate of drug-likeness (QED) is 0.366. The third-order valence-electron chi connectivity index (χ3n) is 0. The second kappa shape index (κ2) is 0.869. The first-order valence-corrected chi connectivity index (χ1v) is 2.95. The SMILES string of the molecule is [F][Mn]([F])([F])([F])[F]. The first-order chi connectivity index (χ1) is 2.24. The molecule has 0 aromatic rings. The zero-order valence-electron chi connectivity index (χ0n) is 2.27. The molecule has 0 rings (SSSR count). The zero-order chi connectivity index (χ0) is 5.45. The van der Waals surface area contributed by atoms with E-state index in [-0.39, 0.29) is 0 Å². The van der Waals surface area contributed by atoms with Crippen LogP contribution in [-0.2, 0) is 14.1 Å². The van der Waals surface area contributed by atoms with E-state index in [1.165, 1.54) is 0 Å². The molecule has 0 aromatic carbocycles. The third kappa shape index (κ3) is 1460. The topological polar surface area (TPSA) is 0 Å². The standard InChI is InChI=1S/5FH.Mn/h5*1H;/q;;;;;+5/p-5. The van der Waals surface area contributed by atoms with Gasteiger partial charge in [-0.05, 0) is 0 Å². The van der Waals surface area contributed by atoms with Crippen LogP contribution in [0.3, 0.4) is 0 Å². The second-order valence-corrected chi connectivity index (χ2v) is 2.23. The van der Waals surface area contributed by atoms with Gasteiger partial charge in [0.1, 0.15) is 0 Å². The fourth-order valence-corrected chi connectivity index (χ4v) is 0. The minimum absolute atomic E-state index is 8.76. The second-order valence-electron chi connectivity index (χ2n) is 0.540. The van der Waals surface area contributed by atoms with Crippen molar-refractivity contribution in [2.75, 3.05) is 0 Å². The zero-order valence-corrected chi connectivity index (χ0v) is 3.45. The number of hydrogen-bond acceptors (Lipinski definition) is 0. The molecule has 0 aliphatic carbocycles. The van der Waals surface area contributed by atoms with Gasteiger partial charge >= 0.3 is 31.8 Å². The van der Waals surface area contributed by atoms with E-state index in [1.807, 2.05) is 0 Å². The summed E-state index contributed by atoms with van der Waals surface area (Å²) in [6.07, 6.45) is 0. The van der Waals surface area contributed by atoms with Crippen LogP contribution in [0.15, 0.2) is 0 Å². The summed E-state index contributed by atoms with van der Waals surface area (Å²) in [6, 6.07) is 0. The Kier molecular flexibility index (Phi) is 0.894. The molecule has 0 amide bonds. The van der Waals surface area contributed by atoms with E-state index in [1.54, 1.807) is 0 Å². The van der Waals surface area contributed by atoms with E-state index in [9.17, 15) is 17.8 Å². The molecule has 0 nitrogen and oxygen atoms in total. The van der Waals surface area contributed by atoms with Crippen molar-refractivity contribution in [1.82, 2.24) is 0 Å². The van der Waals surface area contributed by atoms with E-state index in [4.69, 9.17) is 0 Å². The molecule has 6 heavy (non-hydrogen) atoms. The predicted octanol–water partition coefficient (Wildman–Crippen LogP) is 2.10. The molecule has 0 atom stereocenters. The Morgan fingerprint density at radius 3 is 0.667 bits per heavy atom. The van der Waals surface area contributed by atoms with Gasteiger partial charge in [-0.15, -0.1) is 0 Å². The van der Waals surface area contributed by atoms with Crippen LogP contribution in [0.5, 0.6) is 0 Å². The summed E-state index contributed by atoms with van der Waals surface area (Å²) in [5.41, 5.74) is 0. The monoisotopic (exact) mass is 150 g/mol. The Morgan fingerprint density at radius 2 is 0.667 bits per heavy atom. The Balaban J connectivity index is 3.73. The van der Waals surface area contributed by atoms with E-state index in [2.05, 4.69) is 0 Å². The van der Waals surface area contributed by atoms with Crippen LogP contribution in [0.4, 0.5) is 17.8 Å². The third-order valence-corrected chi connectivity index (χ3v) is 0. The van der Waals surface area contributed by atoms with E-state index in [0.717, 1.165) is 0 Å². The van der Waals surface area contributed by atoms with Gasteiger partial charge in [-0.3, -0.25) is 0 Å². The number of rotatable bonds is 0. The first kappa shape index (κ1) is 6.17. The summed E-state index contributed by atoms with van der Waals surface area (Å²) < 4.78 is 49.3. The molecular weight excluding hydrogens is 150 g/mol. The maximum atomic E-state index is 9.86. The number of hydrogen-bond donors (Lipinski definition) is 0. The Bertz CT molecular complexity index is 37.1. The van der Waals surface area contributed by atoms with E-state index in [0.29, 0.717) is 0 Å². The van der Waals surface area contributed by atoms with Gasteiger partial charge in [0.25, 0.3) is 0 Å². The normalized spacial score (nSPS) is 19.2. The van der Waals surface area contributed by atoms with Gasteiger partial charge in [0.2, 0.25) is 0 Å². The van der Waals surface area contributed by atoms with Crippen LogP contribution in [0, 0.1) is 0 Å². The molecular formula is F5Mn. The van der Waals surface area contributed by atoms with Crippen molar-refractivity contribution >= 4 is 0 Å². The molecule has 0 fully saturated rings. The van der Waals surface area contributed by atoms with Crippen molar-refractivity contribution < 1.29 is 31.8 Å². The molecule has 6 heteroatoms. The van der Waals surface area contributed by atoms with Gasteiger partial charge < -0.3 is 0 Å². The van der Waals surface area contributed by atoms with Gasteiger partial charge in [0.15, 0.2) is 0 Å². The van der Waals surface area contributed by atoms with Crippen molar-refractivity contribution in [3.63, 3.8) is 0 Å². The molecule has 0 saturated carbocycles. The van der Waals surface area contributed by atoms with Crippen molar-refractivity contribution in [2.45, 2.75) is 0 Å². The summed E-state index contributed by atoms with van der Waals surface area (Å²) in [7, 11) is 0. The van der Waals surface area contributed by atoms with Crippen molar-refractivity contribution in [3.05, 3.63) is 0 Å². The summed E-state index contributed by atoms with van der Waals surface area (Å²) >= 11 is -8.76. The Morgan fingerprint density at radius 1 is 0.667 bits per heavy atom. The summed E-state index contributed by atoms with van der Waals surface area (Å²) in [6.45, 7) is 0. The van der Waals surface area contributed by atoms with Gasteiger partial charge in [-0.2, -0.15) is 0 Å². The molecule has 0 radical (unpaired) electrons. The van der Waals surface area contributed by atoms with Gasteiger partial charge in [-0.1, -0.05) is 0 Å². The predicted molar refractivity (Wildman–Crippen MR) is 5.54 cm³/mol. The molecule has 0 N–H and O–H groups in total. The molecule has 0 unspecified atom stereocenters. The van der Waals surface area contributed by atoms with E-state index >= 15 is 0 Å². The average molecular weight is 150 g/mol. The fraction of sp³-hybridized carbons (Fsp3) is 0. The fourth-order valence-electron chi connectivity index (χ4n) is 0. The van der Waals surface area contributed by atoms with E-state index < -0.39 is 14.1 Å². The Labute approximate surface area is 32.8 Å². The summed E-state index contributed by atoms with van der Waals surface area (Å²) in [4.78, 5) is 0. The Hall–Kier alpha value is 0.169. The van der Waals surface area contributed by atoms with Crippen LogP contribution < -0.4 is 0 Å². The van der Waals surface area contributed by atoms with Crippen LogP contribution in [0.1, 0.15) is 0 Å². The molecule has 0 saturated heterocycles. The summed E-state index contributed by atoms with van der Waals surface area (Å²) in [5, 5.41) is 0. The molecule has 42 valence electrons. The van der Waals surface area contributed by atoms with Crippen molar-refractivity contribution in [3.8, 4) is 0 Å². The average Bonchev–Trinajstić information content (AvgIpc) is 0.650. The minimum atomic E-state index is -8.76. The van der Waals surface area contributed by atoms with Gasteiger partial charge in [-0.25, -0.2) is 0 Å². The molecule has 0 bridgehead atoms. The van der Waals surface area contributed by atoms with Crippen LogP contribution in [0.2, 0.25) is 0 Å². The maximum absolute atomic E-state index is 9.86.